The van der Waals surface area contributed by atoms with Crippen LogP contribution >= 0.6 is 11.6 Å². The van der Waals surface area contributed by atoms with E-state index in [4.69, 9.17) is 17.3 Å². The number of nitrogens with two attached hydrogens (primary N) is 1. The summed E-state index contributed by atoms with van der Waals surface area (Å²) in [5, 5.41) is 3.49. The average Bonchev–Trinajstić information content (AvgIpc) is 2.75. The Morgan fingerprint density at radius 1 is 0.968 bits per heavy atom. The van der Waals surface area contributed by atoms with E-state index in [0.29, 0.717) is 28.6 Å². The van der Waals surface area contributed by atoms with E-state index in [9.17, 15) is 4.39 Å². The van der Waals surface area contributed by atoms with Gasteiger partial charge in [0.05, 0.1) is 16.4 Å². The monoisotopic (exact) mass is 433 g/mol. The van der Waals surface area contributed by atoms with Crippen LogP contribution in [-0.2, 0) is 0 Å². The summed E-state index contributed by atoms with van der Waals surface area (Å²) in [6, 6.07) is 16.5. The third-order valence-electron chi connectivity index (χ3n) is 4.90. The second-order valence-corrected chi connectivity index (χ2v) is 7.72. The zero-order valence-electron chi connectivity index (χ0n) is 17.1. The van der Waals surface area contributed by atoms with Crippen LogP contribution in [0.3, 0.4) is 0 Å². The zero-order chi connectivity index (χ0) is 22.0. The second-order valence-electron chi connectivity index (χ2n) is 7.31. The minimum atomic E-state index is -0.480. The molecular formula is C24H21ClFN5. The quantitative estimate of drug-likeness (QED) is 0.400. The van der Waals surface area contributed by atoms with Gasteiger partial charge in [-0.15, -0.1) is 0 Å². The Balaban J connectivity index is 1.60. The molecule has 4 aromatic rings. The standard InChI is InChI=1S/C24H21ClFN5/c1-14(16-4-3-5-17(8-16)19-9-20(27)13-28-12-19)29-24-11-23(30-15(2)31-24)18-6-7-21(25)22(26)10-18/h3-14H,27H2,1-2H3,(H,29,30,31)/t14-/m0/s1. The van der Waals surface area contributed by atoms with Crippen LogP contribution in [-0.4, -0.2) is 15.0 Å². The second kappa shape index (κ2) is 8.70. The van der Waals surface area contributed by atoms with Gasteiger partial charge in [0.25, 0.3) is 0 Å². The topological polar surface area (TPSA) is 76.7 Å². The van der Waals surface area contributed by atoms with Gasteiger partial charge in [0.2, 0.25) is 0 Å². The summed E-state index contributed by atoms with van der Waals surface area (Å²) in [5.41, 5.74) is 10.8. The molecule has 0 bridgehead atoms. The molecule has 1 atom stereocenters. The number of aryl methyl sites for hydroxylation is 1. The Hall–Kier alpha value is -3.51. The van der Waals surface area contributed by atoms with Gasteiger partial charge in [-0.1, -0.05) is 35.9 Å². The largest absolute Gasteiger partial charge is 0.397 e. The summed E-state index contributed by atoms with van der Waals surface area (Å²) in [7, 11) is 0. The van der Waals surface area contributed by atoms with Crippen LogP contribution < -0.4 is 11.1 Å². The van der Waals surface area contributed by atoms with E-state index >= 15 is 0 Å². The Labute approximate surface area is 185 Å². The first kappa shape index (κ1) is 20.8. The lowest BCUT2D eigenvalue weighted by Crippen LogP contribution is -2.09. The molecule has 0 fully saturated rings. The van der Waals surface area contributed by atoms with Gasteiger partial charge in [-0.25, -0.2) is 14.4 Å². The molecule has 0 aliphatic carbocycles. The molecule has 2 aromatic heterocycles. The van der Waals surface area contributed by atoms with E-state index in [2.05, 4.69) is 33.3 Å². The Kier molecular flexibility index (Phi) is 5.82. The number of hydrogen-bond acceptors (Lipinski definition) is 5. The smallest absolute Gasteiger partial charge is 0.142 e. The molecular weight excluding hydrogens is 413 g/mol. The molecule has 0 saturated heterocycles. The number of anilines is 2. The maximum atomic E-state index is 13.9. The SMILES string of the molecule is Cc1nc(N[C@@H](C)c2cccc(-c3cncc(N)c3)c2)cc(-c2ccc(Cl)c(F)c2)n1. The minimum absolute atomic E-state index is 0.0296. The first-order chi connectivity index (χ1) is 14.9. The lowest BCUT2D eigenvalue weighted by atomic mass is 10.0. The Morgan fingerprint density at radius 3 is 2.58 bits per heavy atom. The van der Waals surface area contributed by atoms with Crippen molar-refractivity contribution in [3.63, 3.8) is 0 Å². The molecule has 31 heavy (non-hydrogen) atoms. The van der Waals surface area contributed by atoms with Gasteiger partial charge in [0.15, 0.2) is 0 Å². The van der Waals surface area contributed by atoms with Gasteiger partial charge < -0.3 is 11.1 Å². The summed E-state index contributed by atoms with van der Waals surface area (Å²) < 4.78 is 13.9. The average molecular weight is 434 g/mol. The molecule has 3 N–H and O–H groups in total. The van der Waals surface area contributed by atoms with E-state index in [1.807, 2.05) is 24.3 Å². The van der Waals surface area contributed by atoms with Crippen LogP contribution in [0, 0.1) is 12.7 Å². The lowest BCUT2D eigenvalue weighted by Gasteiger charge is -2.17. The highest BCUT2D eigenvalue weighted by molar-refractivity contribution is 6.30. The highest BCUT2D eigenvalue weighted by Crippen LogP contribution is 2.28. The van der Waals surface area contributed by atoms with Crippen LogP contribution in [0.5, 0.6) is 0 Å². The summed E-state index contributed by atoms with van der Waals surface area (Å²) in [5.74, 6) is 0.759. The van der Waals surface area contributed by atoms with Gasteiger partial charge in [0.1, 0.15) is 17.5 Å². The van der Waals surface area contributed by atoms with Gasteiger partial charge in [-0.2, -0.15) is 0 Å². The van der Waals surface area contributed by atoms with E-state index in [1.165, 1.54) is 12.1 Å². The molecule has 2 aromatic carbocycles. The van der Waals surface area contributed by atoms with Crippen molar-refractivity contribution >= 4 is 23.1 Å². The number of pyridine rings is 1. The van der Waals surface area contributed by atoms with E-state index in [1.54, 1.807) is 31.5 Å². The molecule has 0 unspecified atom stereocenters. The van der Waals surface area contributed by atoms with Crippen LogP contribution in [0.25, 0.3) is 22.4 Å². The highest BCUT2D eigenvalue weighted by Gasteiger charge is 2.12. The molecule has 2 heterocycles. The normalized spacial score (nSPS) is 11.9. The maximum absolute atomic E-state index is 13.9. The number of nitrogen functional groups attached to an aromatic ring is 1. The maximum Gasteiger partial charge on any atom is 0.142 e. The van der Waals surface area contributed by atoms with Crippen molar-refractivity contribution in [2.75, 3.05) is 11.1 Å². The van der Waals surface area contributed by atoms with Crippen LogP contribution in [0.15, 0.2) is 67.0 Å². The van der Waals surface area contributed by atoms with Gasteiger partial charge >= 0.3 is 0 Å². The molecule has 5 nitrogen and oxygen atoms in total. The van der Waals surface area contributed by atoms with Crippen molar-refractivity contribution in [2.45, 2.75) is 19.9 Å². The van der Waals surface area contributed by atoms with Crippen molar-refractivity contribution in [2.24, 2.45) is 0 Å². The summed E-state index contributed by atoms with van der Waals surface area (Å²) in [6.07, 6.45) is 3.41. The number of nitrogens with zero attached hydrogens (tertiary/aromatic N) is 3. The van der Waals surface area contributed by atoms with Crippen molar-refractivity contribution < 1.29 is 4.39 Å². The molecule has 0 aliphatic heterocycles. The molecule has 0 saturated carbocycles. The van der Waals surface area contributed by atoms with Crippen molar-refractivity contribution in [3.8, 4) is 22.4 Å². The number of aromatic nitrogens is 3. The Morgan fingerprint density at radius 2 is 1.81 bits per heavy atom. The Bertz CT molecular complexity index is 1240. The molecule has 0 aliphatic rings. The molecule has 4 rings (SSSR count). The van der Waals surface area contributed by atoms with Crippen LogP contribution in [0.4, 0.5) is 15.9 Å². The fourth-order valence-corrected chi connectivity index (χ4v) is 3.47. The van der Waals surface area contributed by atoms with E-state index in [0.717, 1.165) is 16.7 Å². The van der Waals surface area contributed by atoms with Gasteiger partial charge in [0, 0.05) is 35.6 Å². The predicted molar refractivity (Wildman–Crippen MR) is 123 cm³/mol. The van der Waals surface area contributed by atoms with Gasteiger partial charge in [-0.3, -0.25) is 4.98 Å². The summed E-state index contributed by atoms with van der Waals surface area (Å²) in [4.78, 5) is 13.1. The van der Waals surface area contributed by atoms with Crippen molar-refractivity contribution in [1.82, 2.24) is 15.0 Å². The number of nitrogens with one attached hydrogen (secondary N) is 1. The molecule has 7 heteroatoms. The lowest BCUT2D eigenvalue weighted by molar-refractivity contribution is 0.628. The van der Waals surface area contributed by atoms with Gasteiger partial charge in [-0.05, 0) is 49.2 Å². The molecule has 156 valence electrons. The third-order valence-corrected chi connectivity index (χ3v) is 5.20. The first-order valence-corrected chi connectivity index (χ1v) is 10.2. The number of halogens is 2. The fourth-order valence-electron chi connectivity index (χ4n) is 3.35. The van der Waals surface area contributed by atoms with Crippen LogP contribution in [0.2, 0.25) is 5.02 Å². The third kappa shape index (κ3) is 4.81. The summed E-state index contributed by atoms with van der Waals surface area (Å²) in [6.45, 7) is 3.86. The minimum Gasteiger partial charge on any atom is -0.397 e. The van der Waals surface area contributed by atoms with E-state index in [-0.39, 0.29) is 11.1 Å². The van der Waals surface area contributed by atoms with Crippen LogP contribution in [0.1, 0.15) is 24.4 Å². The number of hydrogen-bond donors (Lipinski definition) is 2. The molecule has 0 amide bonds. The molecule has 0 spiro atoms. The highest BCUT2D eigenvalue weighted by atomic mass is 35.5. The first-order valence-electron chi connectivity index (χ1n) is 9.77. The zero-order valence-corrected chi connectivity index (χ0v) is 17.9. The number of benzene rings is 2. The predicted octanol–water partition coefficient (Wildman–Crippen LogP) is 6.06. The van der Waals surface area contributed by atoms with Crippen molar-refractivity contribution in [1.29, 1.82) is 0 Å². The fraction of sp³-hybridized carbons (Fsp3) is 0.125. The summed E-state index contributed by atoms with van der Waals surface area (Å²) >= 11 is 5.80. The number of rotatable bonds is 5. The van der Waals surface area contributed by atoms with E-state index < -0.39 is 5.82 Å². The molecule has 0 radical (unpaired) electrons. The van der Waals surface area contributed by atoms with Crippen molar-refractivity contribution in [3.05, 3.63) is 89.2 Å².